The number of ether oxygens (including phenoxy) is 3. The first-order valence-electron chi connectivity index (χ1n) is 8.91. The predicted octanol–water partition coefficient (Wildman–Crippen LogP) is 5.14. The van der Waals surface area contributed by atoms with Gasteiger partial charge in [0.1, 0.15) is 18.1 Å². The summed E-state index contributed by atoms with van der Waals surface area (Å²) in [6, 6.07) is 24.4. The Balaban J connectivity index is 1.82. The normalized spacial score (nSPS) is 11.0. The minimum atomic E-state index is -0.206. The van der Waals surface area contributed by atoms with Crippen LogP contribution in [0.2, 0.25) is 0 Å². The van der Waals surface area contributed by atoms with Crippen molar-refractivity contribution >= 4 is 11.9 Å². The highest BCUT2D eigenvalue weighted by Crippen LogP contribution is 2.24. The molecule has 0 aliphatic heterocycles. The number of benzene rings is 3. The van der Waals surface area contributed by atoms with Crippen molar-refractivity contribution in [3.8, 4) is 11.5 Å². The Hall–Kier alpha value is -3.53. The van der Waals surface area contributed by atoms with E-state index >= 15 is 0 Å². The van der Waals surface area contributed by atoms with Crippen LogP contribution < -0.4 is 9.47 Å². The van der Waals surface area contributed by atoms with Gasteiger partial charge in [-0.3, -0.25) is 4.79 Å². The van der Waals surface area contributed by atoms with Gasteiger partial charge >= 0.3 is 0 Å². The monoisotopic (exact) mass is 374 g/mol. The fourth-order valence-electron chi connectivity index (χ4n) is 2.71. The number of carbonyl (C=O) groups excluding carboxylic acids is 1. The molecule has 0 aromatic heterocycles. The maximum absolute atomic E-state index is 12.8. The van der Waals surface area contributed by atoms with Gasteiger partial charge < -0.3 is 14.2 Å². The first kappa shape index (κ1) is 19.2. The van der Waals surface area contributed by atoms with Crippen LogP contribution in [0, 0.1) is 0 Å². The van der Waals surface area contributed by atoms with Gasteiger partial charge in [0.25, 0.3) is 0 Å². The highest BCUT2D eigenvalue weighted by molar-refractivity contribution is 6.10. The van der Waals surface area contributed by atoms with Crippen LogP contribution in [0.3, 0.4) is 0 Å². The average molecular weight is 374 g/mol. The Morgan fingerprint density at radius 3 is 2.21 bits per heavy atom. The summed E-state index contributed by atoms with van der Waals surface area (Å²) in [4.78, 5) is 12.8. The van der Waals surface area contributed by atoms with E-state index in [0.29, 0.717) is 23.7 Å². The molecule has 0 saturated carbocycles. The molecule has 0 saturated heterocycles. The van der Waals surface area contributed by atoms with Crippen molar-refractivity contribution in [1.82, 2.24) is 0 Å². The Kier molecular flexibility index (Phi) is 6.47. The summed E-state index contributed by atoms with van der Waals surface area (Å²) >= 11 is 0. The quantitative estimate of drug-likeness (QED) is 0.311. The fraction of sp³-hybridized carbons (Fsp3) is 0.125. The molecule has 0 amide bonds. The van der Waals surface area contributed by atoms with E-state index in [9.17, 15) is 4.79 Å². The molecule has 0 radical (unpaired) electrons. The molecule has 0 heterocycles. The van der Waals surface area contributed by atoms with Crippen molar-refractivity contribution in [3.63, 3.8) is 0 Å². The number of ketones is 1. The zero-order valence-electron chi connectivity index (χ0n) is 15.9. The molecule has 3 rings (SSSR count). The number of methoxy groups -OCH3 is 2. The van der Waals surface area contributed by atoms with Crippen LogP contribution >= 0.6 is 0 Å². The lowest BCUT2D eigenvalue weighted by Crippen LogP contribution is -2.05. The number of para-hydroxylation sites is 1. The zero-order chi connectivity index (χ0) is 19.8. The van der Waals surface area contributed by atoms with Gasteiger partial charge in [-0.1, -0.05) is 48.5 Å². The molecule has 0 bridgehead atoms. The van der Waals surface area contributed by atoms with Gasteiger partial charge in [0.05, 0.1) is 14.2 Å². The van der Waals surface area contributed by atoms with Gasteiger partial charge in [0.15, 0.2) is 5.76 Å². The van der Waals surface area contributed by atoms with E-state index in [-0.39, 0.29) is 11.5 Å². The fourth-order valence-corrected chi connectivity index (χ4v) is 2.71. The van der Waals surface area contributed by atoms with E-state index in [1.807, 2.05) is 54.6 Å². The van der Waals surface area contributed by atoms with E-state index in [1.165, 1.54) is 7.11 Å². The van der Waals surface area contributed by atoms with Crippen LogP contribution in [0.15, 0.2) is 84.6 Å². The molecule has 0 N–H and O–H groups in total. The third-order valence-electron chi connectivity index (χ3n) is 4.24. The summed E-state index contributed by atoms with van der Waals surface area (Å²) in [7, 11) is 3.07. The molecule has 0 aliphatic carbocycles. The Morgan fingerprint density at radius 2 is 1.54 bits per heavy atom. The third kappa shape index (κ3) is 4.80. The van der Waals surface area contributed by atoms with E-state index in [2.05, 4.69) is 0 Å². The summed E-state index contributed by atoms with van der Waals surface area (Å²) < 4.78 is 16.5. The molecule has 4 nitrogen and oxygen atoms in total. The Morgan fingerprint density at radius 1 is 0.857 bits per heavy atom. The maximum atomic E-state index is 12.8. The summed E-state index contributed by atoms with van der Waals surface area (Å²) in [6.45, 7) is 0.445. The minimum Gasteiger partial charge on any atom is -0.497 e. The van der Waals surface area contributed by atoms with Gasteiger partial charge in [-0.05, 0) is 42.0 Å². The van der Waals surface area contributed by atoms with Crippen LogP contribution in [0.5, 0.6) is 11.5 Å². The summed E-state index contributed by atoms with van der Waals surface area (Å²) in [5, 5.41) is 0. The second-order valence-corrected chi connectivity index (χ2v) is 6.08. The van der Waals surface area contributed by atoms with Crippen molar-refractivity contribution in [2.45, 2.75) is 6.61 Å². The molecule has 0 spiro atoms. The largest absolute Gasteiger partial charge is 0.497 e. The van der Waals surface area contributed by atoms with Crippen LogP contribution in [0.1, 0.15) is 21.5 Å². The number of allylic oxidation sites excluding steroid dienone is 1. The second kappa shape index (κ2) is 9.42. The lowest BCUT2D eigenvalue weighted by Gasteiger charge is -2.11. The van der Waals surface area contributed by atoms with Gasteiger partial charge in [-0.25, -0.2) is 0 Å². The minimum absolute atomic E-state index is 0.206. The van der Waals surface area contributed by atoms with Crippen LogP contribution in [0.4, 0.5) is 0 Å². The molecule has 0 atom stereocenters. The highest BCUT2D eigenvalue weighted by atomic mass is 16.5. The Bertz CT molecular complexity index is 944. The first-order chi connectivity index (χ1) is 13.7. The third-order valence-corrected chi connectivity index (χ3v) is 4.24. The molecular formula is C24H22O4. The molecule has 4 heteroatoms. The molecule has 3 aromatic rings. The maximum Gasteiger partial charge on any atom is 0.227 e. The number of hydrogen-bond acceptors (Lipinski definition) is 4. The van der Waals surface area contributed by atoms with E-state index in [4.69, 9.17) is 14.2 Å². The van der Waals surface area contributed by atoms with E-state index in [1.54, 1.807) is 37.5 Å². The highest BCUT2D eigenvalue weighted by Gasteiger charge is 2.14. The smallest absolute Gasteiger partial charge is 0.227 e. The standard InChI is InChI=1S/C24H22O4/c1-26-21-14-12-19(13-15-21)24(25)23(27-2)16-20-10-6-7-11-22(20)28-17-18-8-4-3-5-9-18/h3-16H,17H2,1-2H3/b23-16+. The van der Waals surface area contributed by atoms with Crippen LogP contribution in [-0.4, -0.2) is 20.0 Å². The van der Waals surface area contributed by atoms with Crippen molar-refractivity contribution in [1.29, 1.82) is 0 Å². The lowest BCUT2D eigenvalue weighted by molar-refractivity contribution is 0.0957. The van der Waals surface area contributed by atoms with Gasteiger partial charge in [0, 0.05) is 11.1 Å². The van der Waals surface area contributed by atoms with E-state index in [0.717, 1.165) is 11.1 Å². The Labute approximate surface area is 165 Å². The van der Waals surface area contributed by atoms with Gasteiger partial charge in [-0.15, -0.1) is 0 Å². The lowest BCUT2D eigenvalue weighted by atomic mass is 10.1. The van der Waals surface area contributed by atoms with Crippen molar-refractivity contribution in [2.24, 2.45) is 0 Å². The molecule has 0 fully saturated rings. The predicted molar refractivity (Wildman–Crippen MR) is 110 cm³/mol. The number of hydrogen-bond donors (Lipinski definition) is 0. The first-order valence-corrected chi connectivity index (χ1v) is 8.91. The van der Waals surface area contributed by atoms with Crippen LogP contribution in [0.25, 0.3) is 6.08 Å². The SMILES string of the molecule is CO/C(=C/c1ccccc1OCc1ccccc1)C(=O)c1ccc(OC)cc1. The average Bonchev–Trinajstić information content (AvgIpc) is 2.77. The van der Waals surface area contributed by atoms with Gasteiger partial charge in [-0.2, -0.15) is 0 Å². The van der Waals surface area contributed by atoms with Crippen molar-refractivity contribution < 1.29 is 19.0 Å². The number of Topliss-reactive ketones (excluding diaryl/α,β-unsaturated/α-hetero) is 1. The molecule has 142 valence electrons. The summed E-state index contributed by atoms with van der Waals surface area (Å²) in [5.41, 5.74) is 2.37. The van der Waals surface area contributed by atoms with Crippen molar-refractivity contribution in [2.75, 3.05) is 14.2 Å². The van der Waals surface area contributed by atoms with Crippen LogP contribution in [-0.2, 0) is 11.3 Å². The molecule has 0 aliphatic rings. The van der Waals surface area contributed by atoms with E-state index < -0.39 is 0 Å². The molecular weight excluding hydrogens is 352 g/mol. The molecule has 28 heavy (non-hydrogen) atoms. The summed E-state index contributed by atoms with van der Waals surface area (Å²) in [5.74, 6) is 1.41. The second-order valence-electron chi connectivity index (χ2n) is 6.08. The molecule has 0 unspecified atom stereocenters. The van der Waals surface area contributed by atoms with Gasteiger partial charge in [0.2, 0.25) is 5.78 Å². The number of rotatable bonds is 8. The topological polar surface area (TPSA) is 44.8 Å². The van der Waals surface area contributed by atoms with Crippen molar-refractivity contribution in [3.05, 3.63) is 101 Å². The molecule has 3 aromatic carbocycles. The number of carbonyl (C=O) groups is 1. The summed E-state index contributed by atoms with van der Waals surface area (Å²) in [6.07, 6.45) is 1.70. The zero-order valence-corrected chi connectivity index (χ0v) is 15.9.